The standard InChI is InChI=1S/C20H24N2O3/c1-13(2)17-6-4-5-7-18(17)25-14(3)20(24)22-12-15-8-10-16(11-9-15)19(21)23/h4-11,13-14H,12H2,1-3H3,(H2,21,23)(H,22,24). The summed E-state index contributed by atoms with van der Waals surface area (Å²) in [5.74, 6) is 0.375. The van der Waals surface area contributed by atoms with Gasteiger partial charge in [0.15, 0.2) is 6.10 Å². The number of rotatable bonds is 7. The van der Waals surface area contributed by atoms with Crippen LogP contribution < -0.4 is 15.8 Å². The molecule has 1 atom stereocenters. The number of para-hydroxylation sites is 1. The fourth-order valence-corrected chi connectivity index (χ4v) is 2.43. The SMILES string of the molecule is CC(Oc1ccccc1C(C)C)C(=O)NCc1ccc(C(N)=O)cc1. The van der Waals surface area contributed by atoms with E-state index in [1.54, 1.807) is 31.2 Å². The molecule has 2 aromatic carbocycles. The van der Waals surface area contributed by atoms with Crippen molar-refractivity contribution in [2.45, 2.75) is 39.3 Å². The predicted molar refractivity (Wildman–Crippen MR) is 97.4 cm³/mol. The highest BCUT2D eigenvalue weighted by atomic mass is 16.5. The summed E-state index contributed by atoms with van der Waals surface area (Å²) in [6.45, 7) is 6.26. The van der Waals surface area contributed by atoms with Gasteiger partial charge in [-0.05, 0) is 42.2 Å². The van der Waals surface area contributed by atoms with Crippen LogP contribution in [0.1, 0.15) is 48.2 Å². The van der Waals surface area contributed by atoms with Gasteiger partial charge in [0.25, 0.3) is 5.91 Å². The zero-order chi connectivity index (χ0) is 18.4. The lowest BCUT2D eigenvalue weighted by Crippen LogP contribution is -2.36. The van der Waals surface area contributed by atoms with E-state index in [1.807, 2.05) is 24.3 Å². The smallest absolute Gasteiger partial charge is 0.261 e. The maximum Gasteiger partial charge on any atom is 0.261 e. The van der Waals surface area contributed by atoms with Gasteiger partial charge in [-0.1, -0.05) is 44.2 Å². The maximum atomic E-state index is 12.3. The molecular formula is C20H24N2O3. The van der Waals surface area contributed by atoms with Crippen LogP contribution in [0, 0.1) is 0 Å². The highest BCUT2D eigenvalue weighted by Gasteiger charge is 2.17. The number of carbonyl (C=O) groups is 2. The monoisotopic (exact) mass is 340 g/mol. The first-order valence-electron chi connectivity index (χ1n) is 8.30. The summed E-state index contributed by atoms with van der Waals surface area (Å²) in [5.41, 5.74) is 7.60. The summed E-state index contributed by atoms with van der Waals surface area (Å²) < 4.78 is 5.83. The van der Waals surface area contributed by atoms with Crippen LogP contribution in [0.2, 0.25) is 0 Å². The molecule has 0 heterocycles. The van der Waals surface area contributed by atoms with Crippen molar-refractivity contribution in [3.8, 4) is 5.75 Å². The molecule has 3 N–H and O–H groups in total. The largest absolute Gasteiger partial charge is 0.481 e. The molecule has 1 unspecified atom stereocenters. The lowest BCUT2D eigenvalue weighted by molar-refractivity contribution is -0.127. The Balaban J connectivity index is 1.93. The highest BCUT2D eigenvalue weighted by molar-refractivity contribution is 5.92. The molecule has 0 aliphatic heterocycles. The average Bonchev–Trinajstić information content (AvgIpc) is 2.60. The van der Waals surface area contributed by atoms with Gasteiger partial charge in [0.1, 0.15) is 5.75 Å². The van der Waals surface area contributed by atoms with Crippen LogP contribution in [0.15, 0.2) is 48.5 Å². The molecule has 0 saturated carbocycles. The van der Waals surface area contributed by atoms with E-state index in [1.165, 1.54) is 0 Å². The molecule has 0 saturated heterocycles. The van der Waals surface area contributed by atoms with Crippen LogP contribution >= 0.6 is 0 Å². The van der Waals surface area contributed by atoms with Crippen LogP contribution in [-0.2, 0) is 11.3 Å². The van der Waals surface area contributed by atoms with E-state index >= 15 is 0 Å². The third-order valence-electron chi connectivity index (χ3n) is 3.92. The minimum atomic E-state index is -0.607. The van der Waals surface area contributed by atoms with Crippen molar-refractivity contribution >= 4 is 11.8 Å². The van der Waals surface area contributed by atoms with Crippen LogP contribution in [0.25, 0.3) is 0 Å². The quantitative estimate of drug-likeness (QED) is 0.813. The number of nitrogens with two attached hydrogens (primary N) is 1. The Morgan fingerprint density at radius 2 is 1.68 bits per heavy atom. The summed E-state index contributed by atoms with van der Waals surface area (Å²) in [6, 6.07) is 14.5. The van der Waals surface area contributed by atoms with E-state index in [9.17, 15) is 9.59 Å². The fraction of sp³-hybridized carbons (Fsp3) is 0.300. The van der Waals surface area contributed by atoms with Crippen molar-refractivity contribution in [1.29, 1.82) is 0 Å². The third kappa shape index (κ3) is 5.08. The van der Waals surface area contributed by atoms with Gasteiger partial charge in [-0.25, -0.2) is 0 Å². The van der Waals surface area contributed by atoms with Crippen LogP contribution in [0.5, 0.6) is 5.75 Å². The van der Waals surface area contributed by atoms with Crippen molar-refractivity contribution in [2.75, 3.05) is 0 Å². The van der Waals surface area contributed by atoms with Gasteiger partial charge in [0, 0.05) is 12.1 Å². The molecule has 2 rings (SSSR count). The molecule has 25 heavy (non-hydrogen) atoms. The number of carbonyl (C=O) groups excluding carboxylic acids is 2. The Morgan fingerprint density at radius 1 is 1.04 bits per heavy atom. The van der Waals surface area contributed by atoms with Crippen molar-refractivity contribution in [2.24, 2.45) is 5.73 Å². The lowest BCUT2D eigenvalue weighted by atomic mass is 10.0. The van der Waals surface area contributed by atoms with Crippen LogP contribution in [-0.4, -0.2) is 17.9 Å². The van der Waals surface area contributed by atoms with E-state index in [4.69, 9.17) is 10.5 Å². The number of ether oxygens (including phenoxy) is 1. The molecule has 5 heteroatoms. The summed E-state index contributed by atoms with van der Waals surface area (Å²) in [6.07, 6.45) is -0.607. The number of primary amides is 1. The normalized spacial score (nSPS) is 11.8. The average molecular weight is 340 g/mol. The second-order valence-corrected chi connectivity index (χ2v) is 6.23. The molecule has 5 nitrogen and oxygen atoms in total. The van der Waals surface area contributed by atoms with E-state index in [2.05, 4.69) is 19.2 Å². The first-order valence-corrected chi connectivity index (χ1v) is 8.30. The molecule has 2 amide bonds. The second kappa shape index (κ2) is 8.33. The van der Waals surface area contributed by atoms with Crippen molar-refractivity contribution in [3.05, 3.63) is 65.2 Å². The van der Waals surface area contributed by atoms with Gasteiger partial charge >= 0.3 is 0 Å². The first kappa shape index (κ1) is 18.5. The first-order chi connectivity index (χ1) is 11.9. The van der Waals surface area contributed by atoms with Gasteiger partial charge in [0.2, 0.25) is 5.91 Å². The van der Waals surface area contributed by atoms with Gasteiger partial charge < -0.3 is 15.8 Å². The zero-order valence-corrected chi connectivity index (χ0v) is 14.8. The molecule has 0 radical (unpaired) electrons. The molecule has 0 aliphatic carbocycles. The molecular weight excluding hydrogens is 316 g/mol. The van der Waals surface area contributed by atoms with Gasteiger partial charge in [-0.3, -0.25) is 9.59 Å². The molecule has 0 bridgehead atoms. The van der Waals surface area contributed by atoms with Crippen LogP contribution in [0.3, 0.4) is 0 Å². The maximum absolute atomic E-state index is 12.3. The Morgan fingerprint density at radius 3 is 2.28 bits per heavy atom. The molecule has 0 spiro atoms. The summed E-state index contributed by atoms with van der Waals surface area (Å²) in [4.78, 5) is 23.3. The van der Waals surface area contributed by atoms with E-state index < -0.39 is 12.0 Å². The number of hydrogen-bond donors (Lipinski definition) is 2. The van der Waals surface area contributed by atoms with Crippen molar-refractivity contribution in [3.63, 3.8) is 0 Å². The number of hydrogen-bond acceptors (Lipinski definition) is 3. The van der Waals surface area contributed by atoms with Gasteiger partial charge in [-0.2, -0.15) is 0 Å². The van der Waals surface area contributed by atoms with E-state index in [0.29, 0.717) is 18.0 Å². The van der Waals surface area contributed by atoms with Gasteiger partial charge in [0.05, 0.1) is 0 Å². The Kier molecular flexibility index (Phi) is 6.17. The summed E-state index contributed by atoms with van der Waals surface area (Å²) >= 11 is 0. The van der Waals surface area contributed by atoms with Crippen molar-refractivity contribution < 1.29 is 14.3 Å². The van der Waals surface area contributed by atoms with Crippen LogP contribution in [0.4, 0.5) is 0 Å². The molecule has 132 valence electrons. The molecule has 0 aliphatic rings. The lowest BCUT2D eigenvalue weighted by Gasteiger charge is -2.18. The number of benzene rings is 2. The Labute approximate surface area is 148 Å². The minimum Gasteiger partial charge on any atom is -0.481 e. The van der Waals surface area contributed by atoms with Gasteiger partial charge in [-0.15, -0.1) is 0 Å². The Hall–Kier alpha value is -2.82. The predicted octanol–water partition coefficient (Wildman–Crippen LogP) is 2.99. The van der Waals surface area contributed by atoms with E-state index in [0.717, 1.165) is 16.9 Å². The summed E-state index contributed by atoms with van der Waals surface area (Å²) in [7, 11) is 0. The minimum absolute atomic E-state index is 0.197. The van der Waals surface area contributed by atoms with E-state index in [-0.39, 0.29) is 5.91 Å². The number of nitrogens with one attached hydrogen (secondary N) is 1. The molecule has 2 aromatic rings. The molecule has 0 fully saturated rings. The topological polar surface area (TPSA) is 81.4 Å². The Bertz CT molecular complexity index is 739. The molecule has 0 aromatic heterocycles. The van der Waals surface area contributed by atoms with Crippen molar-refractivity contribution in [1.82, 2.24) is 5.32 Å². The highest BCUT2D eigenvalue weighted by Crippen LogP contribution is 2.26. The third-order valence-corrected chi connectivity index (χ3v) is 3.92. The number of amides is 2. The summed E-state index contributed by atoms with van der Waals surface area (Å²) in [5, 5.41) is 2.84. The zero-order valence-electron chi connectivity index (χ0n) is 14.8. The second-order valence-electron chi connectivity index (χ2n) is 6.23. The fourth-order valence-electron chi connectivity index (χ4n) is 2.43.